The Labute approximate surface area is 132 Å². The molecule has 2 rings (SSSR count). The first-order valence-electron chi connectivity index (χ1n) is 6.48. The highest BCUT2D eigenvalue weighted by atomic mass is 32.2. The summed E-state index contributed by atoms with van der Waals surface area (Å²) in [5, 5.41) is 10.9. The van der Waals surface area contributed by atoms with Gasteiger partial charge in [-0.15, -0.1) is 0 Å². The fraction of sp³-hybridized carbons (Fsp3) is 0.133. The van der Waals surface area contributed by atoms with Crippen molar-refractivity contribution < 1.29 is 22.9 Å². The van der Waals surface area contributed by atoms with Gasteiger partial charge in [-0.2, -0.15) is 0 Å². The van der Waals surface area contributed by atoms with E-state index in [4.69, 9.17) is 4.74 Å². The van der Waals surface area contributed by atoms with Crippen molar-refractivity contribution in [1.29, 1.82) is 0 Å². The SMILES string of the molecule is CS(=O)(=O)c1ccc(C(=O)OCc2ccccc2[N+](=O)[O-])cc1. The molecular weight excluding hydrogens is 322 g/mol. The van der Waals surface area contributed by atoms with Gasteiger partial charge in [-0.3, -0.25) is 10.1 Å². The minimum atomic E-state index is -3.34. The largest absolute Gasteiger partial charge is 0.457 e. The van der Waals surface area contributed by atoms with E-state index in [1.807, 2.05) is 0 Å². The second kappa shape index (κ2) is 6.57. The van der Waals surface area contributed by atoms with Crippen LogP contribution in [0.2, 0.25) is 0 Å². The minimum Gasteiger partial charge on any atom is -0.457 e. The van der Waals surface area contributed by atoms with Gasteiger partial charge >= 0.3 is 5.97 Å². The normalized spacial score (nSPS) is 11.0. The summed E-state index contributed by atoms with van der Waals surface area (Å²) in [5.41, 5.74) is 0.308. The quantitative estimate of drug-likeness (QED) is 0.472. The highest BCUT2D eigenvalue weighted by Gasteiger charge is 2.15. The number of nitro groups is 1. The first-order valence-corrected chi connectivity index (χ1v) is 8.38. The molecule has 0 saturated heterocycles. The number of nitro benzene ring substituents is 1. The van der Waals surface area contributed by atoms with Gasteiger partial charge in [-0.05, 0) is 30.3 Å². The molecule has 0 aliphatic rings. The predicted molar refractivity (Wildman–Crippen MR) is 81.8 cm³/mol. The molecule has 23 heavy (non-hydrogen) atoms. The van der Waals surface area contributed by atoms with Gasteiger partial charge in [0.05, 0.1) is 20.9 Å². The van der Waals surface area contributed by atoms with E-state index < -0.39 is 20.7 Å². The summed E-state index contributed by atoms with van der Waals surface area (Å²) in [4.78, 5) is 22.3. The second-order valence-corrected chi connectivity index (χ2v) is 6.77. The van der Waals surface area contributed by atoms with Gasteiger partial charge in [0.15, 0.2) is 9.84 Å². The van der Waals surface area contributed by atoms with Gasteiger partial charge in [-0.25, -0.2) is 13.2 Å². The maximum Gasteiger partial charge on any atom is 0.338 e. The lowest BCUT2D eigenvalue weighted by molar-refractivity contribution is -0.385. The Kier molecular flexibility index (Phi) is 4.75. The number of nitrogens with zero attached hydrogens (tertiary/aromatic N) is 1. The number of ether oxygens (including phenoxy) is 1. The predicted octanol–water partition coefficient (Wildman–Crippen LogP) is 2.36. The van der Waals surface area contributed by atoms with Gasteiger partial charge in [0.25, 0.3) is 5.69 Å². The van der Waals surface area contributed by atoms with Crippen LogP contribution in [0, 0.1) is 10.1 Å². The van der Waals surface area contributed by atoms with Crippen LogP contribution in [0.4, 0.5) is 5.69 Å². The van der Waals surface area contributed by atoms with Crippen molar-refractivity contribution in [3.8, 4) is 0 Å². The van der Waals surface area contributed by atoms with Crippen LogP contribution >= 0.6 is 0 Å². The van der Waals surface area contributed by atoms with E-state index in [2.05, 4.69) is 0 Å². The molecule has 8 heteroatoms. The van der Waals surface area contributed by atoms with Crippen molar-refractivity contribution in [3.63, 3.8) is 0 Å². The van der Waals surface area contributed by atoms with Crippen molar-refractivity contribution in [1.82, 2.24) is 0 Å². The fourth-order valence-corrected chi connectivity index (χ4v) is 2.51. The van der Waals surface area contributed by atoms with Crippen LogP contribution in [0.25, 0.3) is 0 Å². The van der Waals surface area contributed by atoms with Crippen molar-refractivity contribution in [2.24, 2.45) is 0 Å². The number of benzene rings is 2. The van der Waals surface area contributed by atoms with E-state index in [9.17, 15) is 23.3 Å². The number of hydrogen-bond acceptors (Lipinski definition) is 6. The van der Waals surface area contributed by atoms with Crippen molar-refractivity contribution in [3.05, 3.63) is 69.8 Å². The van der Waals surface area contributed by atoms with E-state index in [1.165, 1.54) is 42.5 Å². The van der Waals surface area contributed by atoms with Crippen LogP contribution in [-0.4, -0.2) is 25.6 Å². The van der Waals surface area contributed by atoms with E-state index >= 15 is 0 Å². The van der Waals surface area contributed by atoms with E-state index in [0.29, 0.717) is 0 Å². The molecule has 0 unspecified atom stereocenters. The zero-order valence-electron chi connectivity index (χ0n) is 12.1. The number of rotatable bonds is 5. The number of hydrogen-bond donors (Lipinski definition) is 0. The number of carbonyl (C=O) groups is 1. The topological polar surface area (TPSA) is 104 Å². The van der Waals surface area contributed by atoms with Gasteiger partial charge in [0, 0.05) is 12.3 Å². The molecule has 0 radical (unpaired) electrons. The average molecular weight is 335 g/mol. The Morgan fingerprint density at radius 2 is 1.74 bits per heavy atom. The first-order chi connectivity index (χ1) is 10.8. The summed E-state index contributed by atoms with van der Waals surface area (Å²) in [6.07, 6.45) is 1.06. The molecule has 0 fully saturated rings. The number of para-hydroxylation sites is 1. The summed E-state index contributed by atoms with van der Waals surface area (Å²) in [6.45, 7) is -0.246. The molecule has 120 valence electrons. The molecule has 0 atom stereocenters. The second-order valence-electron chi connectivity index (χ2n) is 4.76. The zero-order valence-corrected chi connectivity index (χ0v) is 12.9. The van der Waals surface area contributed by atoms with E-state index in [0.717, 1.165) is 6.26 Å². The molecule has 2 aromatic carbocycles. The monoisotopic (exact) mass is 335 g/mol. The smallest absolute Gasteiger partial charge is 0.338 e. The molecule has 0 aliphatic heterocycles. The molecule has 0 aliphatic carbocycles. The Balaban J connectivity index is 2.10. The van der Waals surface area contributed by atoms with Crippen molar-refractivity contribution in [2.75, 3.05) is 6.26 Å². The Morgan fingerprint density at radius 3 is 2.30 bits per heavy atom. The van der Waals surface area contributed by atoms with Gasteiger partial charge in [0.1, 0.15) is 6.61 Å². The van der Waals surface area contributed by atoms with Gasteiger partial charge in [0.2, 0.25) is 0 Å². The van der Waals surface area contributed by atoms with Crippen LogP contribution in [0.15, 0.2) is 53.4 Å². The summed E-state index contributed by atoms with van der Waals surface area (Å²) in [6, 6.07) is 11.2. The number of esters is 1. The summed E-state index contributed by atoms with van der Waals surface area (Å²) in [7, 11) is -3.34. The fourth-order valence-electron chi connectivity index (χ4n) is 1.88. The third-order valence-corrected chi connectivity index (χ3v) is 4.19. The lowest BCUT2D eigenvalue weighted by atomic mass is 10.2. The maximum absolute atomic E-state index is 11.9. The molecule has 0 saturated carbocycles. The molecule has 0 aromatic heterocycles. The highest BCUT2D eigenvalue weighted by Crippen LogP contribution is 2.19. The van der Waals surface area contributed by atoms with Crippen LogP contribution in [0.1, 0.15) is 15.9 Å². The highest BCUT2D eigenvalue weighted by molar-refractivity contribution is 7.90. The van der Waals surface area contributed by atoms with Crippen LogP contribution in [-0.2, 0) is 21.2 Å². The van der Waals surface area contributed by atoms with Gasteiger partial charge in [-0.1, -0.05) is 12.1 Å². The Morgan fingerprint density at radius 1 is 1.13 bits per heavy atom. The van der Waals surface area contributed by atoms with Crippen LogP contribution in [0.5, 0.6) is 0 Å². The van der Waals surface area contributed by atoms with Crippen LogP contribution < -0.4 is 0 Å². The molecule has 0 heterocycles. The summed E-state index contributed by atoms with van der Waals surface area (Å²) < 4.78 is 27.7. The molecule has 0 spiro atoms. The van der Waals surface area contributed by atoms with Crippen molar-refractivity contribution >= 4 is 21.5 Å². The number of sulfone groups is 1. The molecular formula is C15H13NO6S. The lowest BCUT2D eigenvalue weighted by Crippen LogP contribution is -2.07. The first kappa shape index (κ1) is 16.6. The molecule has 0 amide bonds. The average Bonchev–Trinajstić information content (AvgIpc) is 2.52. The van der Waals surface area contributed by atoms with Crippen molar-refractivity contribution in [2.45, 2.75) is 11.5 Å². The summed E-state index contributed by atoms with van der Waals surface area (Å²) >= 11 is 0. The third kappa shape index (κ3) is 4.13. The molecule has 7 nitrogen and oxygen atoms in total. The zero-order chi connectivity index (χ0) is 17.0. The van der Waals surface area contributed by atoms with E-state index in [-0.39, 0.29) is 28.3 Å². The lowest BCUT2D eigenvalue weighted by Gasteiger charge is -2.06. The summed E-state index contributed by atoms with van der Waals surface area (Å²) in [5.74, 6) is -0.691. The molecule has 0 N–H and O–H groups in total. The minimum absolute atomic E-state index is 0.0905. The van der Waals surface area contributed by atoms with Gasteiger partial charge < -0.3 is 4.74 Å². The van der Waals surface area contributed by atoms with Crippen LogP contribution in [0.3, 0.4) is 0 Å². The standard InChI is InChI=1S/C15H13NO6S/c1-23(20,21)13-8-6-11(7-9-13)15(17)22-10-12-4-2-3-5-14(12)16(18)19/h2-9H,10H2,1H3. The number of carbonyl (C=O) groups excluding carboxylic acids is 1. The maximum atomic E-state index is 11.9. The molecule has 2 aromatic rings. The molecule has 0 bridgehead atoms. The van der Waals surface area contributed by atoms with E-state index in [1.54, 1.807) is 6.07 Å². The Bertz CT molecular complexity index is 843. The Hall–Kier alpha value is -2.74. The third-order valence-electron chi connectivity index (χ3n) is 3.07.